The number of likely N-dealkylation sites (N-methyl/N-ethyl adjacent to an activating group) is 1. The number of likely N-dealkylation sites (tertiary alicyclic amines) is 1. The molecule has 5 nitrogen and oxygen atoms in total. The summed E-state index contributed by atoms with van der Waals surface area (Å²) in [5.74, 6) is 0.873. The average Bonchev–Trinajstić information content (AvgIpc) is 2.73. The van der Waals surface area contributed by atoms with Crippen LogP contribution in [0.15, 0.2) is 48.5 Å². The van der Waals surface area contributed by atoms with E-state index in [4.69, 9.17) is 11.3 Å². The van der Waals surface area contributed by atoms with E-state index in [2.05, 4.69) is 26.8 Å². The van der Waals surface area contributed by atoms with E-state index in [1.807, 2.05) is 57.3 Å². The fourth-order valence-corrected chi connectivity index (χ4v) is 3.96. The molecule has 0 aromatic heterocycles. The van der Waals surface area contributed by atoms with Gasteiger partial charge in [-0.2, -0.15) is 0 Å². The van der Waals surface area contributed by atoms with Crippen molar-refractivity contribution < 1.29 is 9.84 Å². The molecule has 0 saturated carbocycles. The third-order valence-electron chi connectivity index (χ3n) is 5.75. The van der Waals surface area contributed by atoms with Crippen LogP contribution in [0.5, 0.6) is 5.75 Å². The largest absolute Gasteiger partial charge is 0.491 e. The summed E-state index contributed by atoms with van der Waals surface area (Å²) >= 11 is 0. The SMILES string of the molecule is [C-]#[N+]c1ccc(CCN2CCC(O)(CN(C)c3ccc(OC(C)C)cc3)CC2)cc1. The number of aliphatic hydroxyl groups is 1. The van der Waals surface area contributed by atoms with Gasteiger partial charge in [-0.3, -0.25) is 0 Å². The number of ether oxygens (including phenoxy) is 1. The zero-order chi connectivity index (χ0) is 21.6. The maximum atomic E-state index is 11.1. The van der Waals surface area contributed by atoms with Crippen LogP contribution in [0.2, 0.25) is 0 Å². The molecule has 1 saturated heterocycles. The summed E-state index contributed by atoms with van der Waals surface area (Å²) in [7, 11) is 2.04. The van der Waals surface area contributed by atoms with E-state index in [-0.39, 0.29) is 6.10 Å². The molecule has 1 aliphatic heterocycles. The van der Waals surface area contributed by atoms with Gasteiger partial charge in [0.15, 0.2) is 5.69 Å². The van der Waals surface area contributed by atoms with Crippen molar-refractivity contribution in [2.24, 2.45) is 0 Å². The molecule has 0 unspecified atom stereocenters. The number of rotatable bonds is 8. The van der Waals surface area contributed by atoms with Crippen LogP contribution in [-0.4, -0.2) is 54.9 Å². The van der Waals surface area contributed by atoms with E-state index in [0.717, 1.165) is 50.3 Å². The minimum atomic E-state index is -0.657. The molecular weight excluding hydrogens is 374 g/mol. The number of piperidine rings is 1. The molecule has 0 bridgehead atoms. The van der Waals surface area contributed by atoms with E-state index in [1.165, 1.54) is 5.56 Å². The molecule has 5 heteroatoms. The Morgan fingerprint density at radius 3 is 2.30 bits per heavy atom. The Kier molecular flexibility index (Phi) is 7.36. The Bertz CT molecular complexity index is 832. The minimum absolute atomic E-state index is 0.164. The van der Waals surface area contributed by atoms with Gasteiger partial charge in [0.2, 0.25) is 0 Å². The van der Waals surface area contributed by atoms with Gasteiger partial charge < -0.3 is 19.6 Å². The highest BCUT2D eigenvalue weighted by molar-refractivity contribution is 5.49. The van der Waals surface area contributed by atoms with E-state index in [1.54, 1.807) is 0 Å². The Morgan fingerprint density at radius 1 is 1.10 bits per heavy atom. The summed E-state index contributed by atoms with van der Waals surface area (Å²) in [4.78, 5) is 8.00. The van der Waals surface area contributed by atoms with E-state index < -0.39 is 5.60 Å². The highest BCUT2D eigenvalue weighted by Crippen LogP contribution is 2.27. The summed E-state index contributed by atoms with van der Waals surface area (Å²) in [6, 6.07) is 15.9. The summed E-state index contributed by atoms with van der Waals surface area (Å²) in [5.41, 5.74) is 2.38. The lowest BCUT2D eigenvalue weighted by atomic mass is 9.90. The topological polar surface area (TPSA) is 40.3 Å². The molecule has 0 amide bonds. The standard InChI is InChI=1S/C25H33N3O2/c1-20(2)30-24-11-9-23(10-12-24)27(4)19-25(29)14-17-28(18-15-25)16-13-21-5-7-22(26-3)8-6-21/h5-12,20,29H,13-19H2,1-2,4H3. The van der Waals surface area contributed by atoms with Crippen LogP contribution in [0.1, 0.15) is 32.3 Å². The fourth-order valence-electron chi connectivity index (χ4n) is 3.96. The molecule has 0 radical (unpaired) electrons. The van der Waals surface area contributed by atoms with E-state index in [9.17, 15) is 5.11 Å². The first-order valence-corrected chi connectivity index (χ1v) is 10.8. The lowest BCUT2D eigenvalue weighted by Crippen LogP contribution is -2.50. The van der Waals surface area contributed by atoms with Crippen LogP contribution in [0.25, 0.3) is 4.85 Å². The summed E-state index contributed by atoms with van der Waals surface area (Å²) in [5, 5.41) is 11.1. The van der Waals surface area contributed by atoms with Gasteiger partial charge in [0.1, 0.15) is 5.75 Å². The Labute approximate surface area is 180 Å². The lowest BCUT2D eigenvalue weighted by Gasteiger charge is -2.40. The first-order valence-electron chi connectivity index (χ1n) is 10.8. The molecule has 2 aromatic carbocycles. The van der Waals surface area contributed by atoms with Gasteiger partial charge in [-0.25, -0.2) is 4.85 Å². The minimum Gasteiger partial charge on any atom is -0.491 e. The van der Waals surface area contributed by atoms with Gasteiger partial charge in [0.05, 0.1) is 18.3 Å². The second kappa shape index (κ2) is 9.97. The number of anilines is 1. The molecule has 1 N–H and O–H groups in total. The second-order valence-electron chi connectivity index (χ2n) is 8.61. The maximum Gasteiger partial charge on any atom is 0.187 e. The molecule has 1 heterocycles. The predicted molar refractivity (Wildman–Crippen MR) is 123 cm³/mol. The first kappa shape index (κ1) is 22.1. The first-order chi connectivity index (χ1) is 14.4. The molecule has 1 aliphatic rings. The number of hydrogen-bond donors (Lipinski definition) is 1. The van der Waals surface area contributed by atoms with Crippen molar-refractivity contribution in [1.82, 2.24) is 4.90 Å². The molecule has 0 spiro atoms. The van der Waals surface area contributed by atoms with Crippen molar-refractivity contribution in [2.75, 3.05) is 38.1 Å². The second-order valence-corrected chi connectivity index (χ2v) is 8.61. The Hall–Kier alpha value is -2.55. The summed E-state index contributed by atoms with van der Waals surface area (Å²) in [6.45, 7) is 14.5. The van der Waals surface area contributed by atoms with Gasteiger partial charge in [0.25, 0.3) is 0 Å². The van der Waals surface area contributed by atoms with Crippen molar-refractivity contribution in [3.8, 4) is 5.75 Å². The van der Waals surface area contributed by atoms with E-state index in [0.29, 0.717) is 12.2 Å². The van der Waals surface area contributed by atoms with Gasteiger partial charge >= 0.3 is 0 Å². The molecule has 2 aromatic rings. The fraction of sp³-hybridized carbons (Fsp3) is 0.480. The third kappa shape index (κ3) is 6.22. The molecule has 1 fully saturated rings. The van der Waals surface area contributed by atoms with Crippen molar-refractivity contribution in [3.05, 3.63) is 65.5 Å². The normalized spacial score (nSPS) is 16.3. The zero-order valence-electron chi connectivity index (χ0n) is 18.3. The van der Waals surface area contributed by atoms with Gasteiger partial charge in [-0.1, -0.05) is 24.3 Å². The Balaban J connectivity index is 1.46. The van der Waals surface area contributed by atoms with Crippen LogP contribution in [0, 0.1) is 6.57 Å². The highest BCUT2D eigenvalue weighted by Gasteiger charge is 2.33. The molecule has 0 aliphatic carbocycles. The lowest BCUT2D eigenvalue weighted by molar-refractivity contribution is -0.0137. The summed E-state index contributed by atoms with van der Waals surface area (Å²) < 4.78 is 5.71. The molecule has 160 valence electrons. The van der Waals surface area contributed by atoms with Crippen LogP contribution in [-0.2, 0) is 6.42 Å². The Morgan fingerprint density at radius 2 is 1.73 bits per heavy atom. The zero-order valence-corrected chi connectivity index (χ0v) is 18.3. The summed E-state index contributed by atoms with van der Waals surface area (Å²) in [6.07, 6.45) is 2.70. The van der Waals surface area contributed by atoms with Gasteiger partial charge in [0, 0.05) is 38.9 Å². The number of nitrogens with zero attached hydrogens (tertiary/aromatic N) is 3. The van der Waals surface area contributed by atoms with Crippen molar-refractivity contribution in [1.29, 1.82) is 0 Å². The van der Waals surface area contributed by atoms with Crippen molar-refractivity contribution in [3.63, 3.8) is 0 Å². The average molecular weight is 408 g/mol. The quantitative estimate of drug-likeness (QED) is 0.653. The van der Waals surface area contributed by atoms with Crippen LogP contribution in [0.4, 0.5) is 11.4 Å². The van der Waals surface area contributed by atoms with E-state index >= 15 is 0 Å². The predicted octanol–water partition coefficient (Wildman–Crippen LogP) is 4.53. The van der Waals surface area contributed by atoms with Crippen LogP contribution in [0.3, 0.4) is 0 Å². The third-order valence-corrected chi connectivity index (χ3v) is 5.75. The van der Waals surface area contributed by atoms with Gasteiger partial charge in [-0.15, -0.1) is 0 Å². The molecule has 3 rings (SSSR count). The number of benzene rings is 2. The van der Waals surface area contributed by atoms with Gasteiger partial charge in [-0.05, 0) is 62.9 Å². The highest BCUT2D eigenvalue weighted by atomic mass is 16.5. The van der Waals surface area contributed by atoms with Crippen LogP contribution >= 0.6 is 0 Å². The van der Waals surface area contributed by atoms with Crippen LogP contribution < -0.4 is 9.64 Å². The monoisotopic (exact) mass is 407 g/mol. The molecule has 0 atom stereocenters. The number of hydrogen-bond acceptors (Lipinski definition) is 4. The van der Waals surface area contributed by atoms with Crippen molar-refractivity contribution in [2.45, 2.75) is 44.8 Å². The molecular formula is C25H33N3O2. The molecule has 30 heavy (non-hydrogen) atoms. The smallest absolute Gasteiger partial charge is 0.187 e. The maximum absolute atomic E-state index is 11.1. The van der Waals surface area contributed by atoms with Crippen molar-refractivity contribution >= 4 is 11.4 Å².